The fourth-order valence-corrected chi connectivity index (χ4v) is 4.13. The summed E-state index contributed by atoms with van der Waals surface area (Å²) in [7, 11) is 0. The van der Waals surface area contributed by atoms with Gasteiger partial charge in [-0.3, -0.25) is 4.90 Å². The van der Waals surface area contributed by atoms with Crippen LogP contribution in [0, 0.1) is 0 Å². The van der Waals surface area contributed by atoms with E-state index in [9.17, 15) is 0 Å². The van der Waals surface area contributed by atoms with E-state index in [1.165, 1.54) is 37.2 Å². The molecular weight excluding hydrogens is 370 g/mol. The molecule has 1 fully saturated rings. The Morgan fingerprint density at radius 2 is 1.71 bits per heavy atom. The highest BCUT2D eigenvalue weighted by Crippen LogP contribution is 2.35. The smallest absolute Gasteiger partial charge is 0.239 e. The molecule has 8 heteroatoms. The van der Waals surface area contributed by atoms with Crippen molar-refractivity contribution >= 4 is 45.0 Å². The van der Waals surface area contributed by atoms with E-state index in [2.05, 4.69) is 26.2 Å². The largest absolute Gasteiger partial charge is 0.367 e. The molecule has 1 saturated carbocycles. The van der Waals surface area contributed by atoms with Crippen LogP contribution in [0.15, 0.2) is 54.6 Å². The van der Waals surface area contributed by atoms with Gasteiger partial charge in [-0.05, 0) is 42.3 Å². The van der Waals surface area contributed by atoms with Gasteiger partial charge in [0, 0.05) is 23.0 Å². The third-order valence-electron chi connectivity index (χ3n) is 4.98. The SMILES string of the molecule is c1ccc(N(c2nc(NC3CCCC3)c3ccccc3n2)c2nnns2)cc1. The number of aromatic nitrogens is 5. The first-order chi connectivity index (χ1) is 13.9. The van der Waals surface area contributed by atoms with Crippen LogP contribution in [0.5, 0.6) is 0 Å². The van der Waals surface area contributed by atoms with Crippen LogP contribution in [0.2, 0.25) is 0 Å². The Labute approximate surface area is 166 Å². The van der Waals surface area contributed by atoms with Crippen LogP contribution in [0.3, 0.4) is 0 Å². The van der Waals surface area contributed by atoms with Crippen LogP contribution in [0.4, 0.5) is 22.6 Å². The van der Waals surface area contributed by atoms with Gasteiger partial charge in [0.15, 0.2) is 0 Å². The fraction of sp³-hybridized carbons (Fsp3) is 0.250. The van der Waals surface area contributed by atoms with Crippen LogP contribution >= 0.6 is 11.5 Å². The highest BCUT2D eigenvalue weighted by molar-refractivity contribution is 7.09. The Kier molecular flexibility index (Phi) is 4.54. The molecule has 0 spiro atoms. The van der Waals surface area contributed by atoms with Crippen molar-refractivity contribution < 1.29 is 0 Å². The van der Waals surface area contributed by atoms with Gasteiger partial charge in [0.25, 0.3) is 0 Å². The summed E-state index contributed by atoms with van der Waals surface area (Å²) in [6, 6.07) is 18.5. The van der Waals surface area contributed by atoms with Crippen molar-refractivity contribution in [1.82, 2.24) is 24.8 Å². The molecule has 0 saturated heterocycles. The van der Waals surface area contributed by atoms with Gasteiger partial charge in [-0.25, -0.2) is 4.98 Å². The molecule has 1 aliphatic rings. The summed E-state index contributed by atoms with van der Waals surface area (Å²) in [4.78, 5) is 11.6. The van der Waals surface area contributed by atoms with Crippen molar-refractivity contribution in [2.24, 2.45) is 0 Å². The summed E-state index contributed by atoms with van der Waals surface area (Å²) in [5.74, 6) is 1.43. The molecule has 1 aliphatic carbocycles. The Hall–Kier alpha value is -3.13. The number of nitrogens with one attached hydrogen (secondary N) is 1. The number of para-hydroxylation sites is 2. The first-order valence-corrected chi connectivity index (χ1v) is 10.2. The zero-order chi connectivity index (χ0) is 18.8. The lowest BCUT2D eigenvalue weighted by Crippen LogP contribution is -2.19. The lowest BCUT2D eigenvalue weighted by molar-refractivity contribution is 0.751. The van der Waals surface area contributed by atoms with E-state index in [0.29, 0.717) is 17.1 Å². The lowest BCUT2D eigenvalue weighted by Gasteiger charge is -2.21. The monoisotopic (exact) mass is 389 g/mol. The third-order valence-corrected chi connectivity index (χ3v) is 5.56. The molecule has 0 radical (unpaired) electrons. The van der Waals surface area contributed by atoms with Crippen molar-refractivity contribution in [3.8, 4) is 0 Å². The first-order valence-electron chi connectivity index (χ1n) is 9.42. The predicted octanol–water partition coefficient (Wildman–Crippen LogP) is 4.70. The van der Waals surface area contributed by atoms with E-state index in [-0.39, 0.29) is 0 Å². The number of nitrogens with zero attached hydrogens (tertiary/aromatic N) is 6. The molecule has 0 amide bonds. The topological polar surface area (TPSA) is 79.7 Å². The average Bonchev–Trinajstić information content (AvgIpc) is 3.44. The second-order valence-corrected chi connectivity index (χ2v) is 7.54. The molecule has 0 bridgehead atoms. The Morgan fingerprint density at radius 3 is 2.50 bits per heavy atom. The van der Waals surface area contributed by atoms with Crippen LogP contribution in [-0.4, -0.2) is 30.8 Å². The van der Waals surface area contributed by atoms with Crippen LogP contribution < -0.4 is 10.2 Å². The van der Waals surface area contributed by atoms with Gasteiger partial charge in [-0.15, -0.1) is 0 Å². The Bertz CT molecular complexity index is 1060. The maximum Gasteiger partial charge on any atom is 0.239 e. The van der Waals surface area contributed by atoms with E-state index in [4.69, 9.17) is 9.97 Å². The molecule has 28 heavy (non-hydrogen) atoms. The number of fused-ring (bicyclic) bond motifs is 1. The van der Waals surface area contributed by atoms with Crippen molar-refractivity contribution in [2.45, 2.75) is 31.7 Å². The standard InChI is InChI=1S/C20H19N7S/c1-2-10-15(11-3-1)27(20-24-25-26-28-20)19-22-17-13-7-6-12-16(17)18(23-19)21-14-8-4-5-9-14/h1-3,6-7,10-14H,4-5,8-9H2,(H,21,22,23). The second kappa shape index (κ2) is 7.47. The summed E-state index contributed by atoms with van der Waals surface area (Å²) in [6.07, 6.45) is 4.88. The molecule has 7 nitrogen and oxygen atoms in total. The highest BCUT2D eigenvalue weighted by atomic mass is 32.1. The van der Waals surface area contributed by atoms with Gasteiger partial charge in [-0.2, -0.15) is 4.98 Å². The van der Waals surface area contributed by atoms with Gasteiger partial charge in [0.05, 0.1) is 11.2 Å². The first kappa shape index (κ1) is 17.0. The maximum absolute atomic E-state index is 4.91. The summed E-state index contributed by atoms with van der Waals surface area (Å²) in [6.45, 7) is 0. The van der Waals surface area contributed by atoms with E-state index < -0.39 is 0 Å². The Morgan fingerprint density at radius 1 is 0.929 bits per heavy atom. The zero-order valence-electron chi connectivity index (χ0n) is 15.2. The second-order valence-electron chi connectivity index (χ2n) is 6.83. The van der Waals surface area contributed by atoms with E-state index in [0.717, 1.165) is 22.4 Å². The lowest BCUT2D eigenvalue weighted by atomic mass is 10.2. The quantitative estimate of drug-likeness (QED) is 0.530. The maximum atomic E-state index is 4.91. The molecular formula is C20H19N7S. The van der Waals surface area contributed by atoms with Crippen molar-refractivity contribution in [1.29, 1.82) is 0 Å². The molecule has 2 heterocycles. The summed E-state index contributed by atoms with van der Waals surface area (Å²) >= 11 is 1.22. The number of anilines is 4. The van der Waals surface area contributed by atoms with Crippen LogP contribution in [0.1, 0.15) is 25.7 Å². The van der Waals surface area contributed by atoms with Gasteiger partial charge in [-0.1, -0.05) is 52.8 Å². The van der Waals surface area contributed by atoms with Crippen molar-refractivity contribution in [2.75, 3.05) is 10.2 Å². The van der Waals surface area contributed by atoms with Crippen LogP contribution in [0.25, 0.3) is 10.9 Å². The molecule has 2 aromatic carbocycles. The van der Waals surface area contributed by atoms with E-state index >= 15 is 0 Å². The summed E-state index contributed by atoms with van der Waals surface area (Å²) in [5, 5.41) is 13.2. The highest BCUT2D eigenvalue weighted by Gasteiger charge is 2.22. The molecule has 0 atom stereocenters. The molecule has 0 aliphatic heterocycles. The number of rotatable bonds is 5. The predicted molar refractivity (Wildman–Crippen MR) is 111 cm³/mol. The van der Waals surface area contributed by atoms with E-state index in [1.54, 1.807) is 0 Å². The molecule has 0 unspecified atom stereocenters. The zero-order valence-corrected chi connectivity index (χ0v) is 16.0. The fourth-order valence-electron chi connectivity index (χ4n) is 3.64. The molecule has 2 aromatic heterocycles. The molecule has 4 aromatic rings. The van der Waals surface area contributed by atoms with Crippen molar-refractivity contribution in [3.63, 3.8) is 0 Å². The minimum Gasteiger partial charge on any atom is -0.367 e. The average molecular weight is 389 g/mol. The summed E-state index contributed by atoms with van der Waals surface area (Å²) in [5.41, 5.74) is 1.81. The minimum atomic E-state index is 0.458. The molecule has 5 rings (SSSR count). The van der Waals surface area contributed by atoms with Crippen molar-refractivity contribution in [3.05, 3.63) is 54.6 Å². The van der Waals surface area contributed by atoms with Gasteiger partial charge in [0.1, 0.15) is 5.82 Å². The van der Waals surface area contributed by atoms with Crippen LogP contribution in [-0.2, 0) is 0 Å². The van der Waals surface area contributed by atoms with E-state index in [1.807, 2.05) is 53.4 Å². The number of hydrogen-bond donors (Lipinski definition) is 1. The van der Waals surface area contributed by atoms with Gasteiger partial charge in [0.2, 0.25) is 11.1 Å². The third kappa shape index (κ3) is 3.27. The normalized spacial score (nSPS) is 14.4. The number of benzene rings is 2. The molecule has 140 valence electrons. The Balaban J connectivity index is 1.65. The van der Waals surface area contributed by atoms with Gasteiger partial charge >= 0.3 is 0 Å². The molecule has 1 N–H and O–H groups in total. The summed E-state index contributed by atoms with van der Waals surface area (Å²) < 4.78 is 3.93. The minimum absolute atomic E-state index is 0.458. The number of hydrogen-bond acceptors (Lipinski definition) is 8. The van der Waals surface area contributed by atoms with Gasteiger partial charge < -0.3 is 5.32 Å².